The number of hydrogen-bond donors (Lipinski definition) is 1. The normalized spacial score (nSPS) is 15.5. The van der Waals surface area contributed by atoms with Crippen LogP contribution in [-0.4, -0.2) is 34.8 Å². The minimum atomic E-state index is -0.610. The number of ketones is 1. The number of nitrogens with zero attached hydrogens (tertiary/aromatic N) is 2. The maximum atomic E-state index is 13.2. The molecule has 0 aliphatic carbocycles. The molecule has 32 heavy (non-hydrogen) atoms. The van der Waals surface area contributed by atoms with E-state index in [0.29, 0.717) is 24.5 Å². The first-order valence-corrected chi connectivity index (χ1v) is 11.2. The van der Waals surface area contributed by atoms with Gasteiger partial charge in [-0.3, -0.25) is 14.2 Å². The van der Waals surface area contributed by atoms with E-state index < -0.39 is 17.2 Å². The van der Waals surface area contributed by atoms with Crippen molar-refractivity contribution in [3.8, 4) is 17.7 Å². The van der Waals surface area contributed by atoms with Crippen LogP contribution in [-0.2, 0) is 11.3 Å². The summed E-state index contributed by atoms with van der Waals surface area (Å²) in [7, 11) is 0. The van der Waals surface area contributed by atoms with E-state index in [1.54, 1.807) is 24.3 Å². The second-order valence-corrected chi connectivity index (χ2v) is 8.12. The average Bonchev–Trinajstić information content (AvgIpc) is 3.30. The first-order chi connectivity index (χ1) is 15.5. The Morgan fingerprint density at radius 2 is 2.03 bits per heavy atom. The number of carbonyl (C=O) groups excluding carboxylic acids is 1. The number of rotatable bonds is 10. The van der Waals surface area contributed by atoms with Crippen molar-refractivity contribution in [1.82, 2.24) is 4.57 Å². The summed E-state index contributed by atoms with van der Waals surface area (Å²) in [5.41, 5.74) is -0.266. The largest absolute Gasteiger partial charge is 0.494 e. The van der Waals surface area contributed by atoms with Gasteiger partial charge in [-0.05, 0) is 56.0 Å². The molecule has 0 radical (unpaired) electrons. The van der Waals surface area contributed by atoms with Crippen molar-refractivity contribution >= 4 is 5.78 Å². The predicted octanol–water partition coefficient (Wildman–Crippen LogP) is 4.10. The van der Waals surface area contributed by atoms with Crippen molar-refractivity contribution in [1.29, 1.82) is 5.26 Å². The summed E-state index contributed by atoms with van der Waals surface area (Å²) in [6.07, 6.45) is 5.83. The number of pyridine rings is 1. The molecule has 1 aliphatic rings. The van der Waals surface area contributed by atoms with Gasteiger partial charge in [-0.15, -0.1) is 0 Å². The molecule has 3 rings (SSSR count). The third kappa shape index (κ3) is 5.20. The summed E-state index contributed by atoms with van der Waals surface area (Å²) in [4.78, 5) is 26.0. The van der Waals surface area contributed by atoms with Crippen molar-refractivity contribution in [2.45, 2.75) is 65.0 Å². The van der Waals surface area contributed by atoms with Crippen LogP contribution in [0.2, 0.25) is 0 Å². The lowest BCUT2D eigenvalue weighted by Crippen LogP contribution is -2.30. The molecule has 2 aromatic rings. The van der Waals surface area contributed by atoms with Crippen molar-refractivity contribution in [2.24, 2.45) is 0 Å². The Morgan fingerprint density at radius 3 is 2.66 bits per heavy atom. The number of hydrogen-bond acceptors (Lipinski definition) is 6. The molecule has 170 valence electrons. The lowest BCUT2D eigenvalue weighted by Gasteiger charge is -2.18. The molecule has 0 saturated carbocycles. The molecule has 1 unspecified atom stereocenters. The molecule has 1 N–H and O–H groups in total. The van der Waals surface area contributed by atoms with Crippen LogP contribution in [0.25, 0.3) is 0 Å². The molecule has 7 nitrogen and oxygen atoms in total. The van der Waals surface area contributed by atoms with Gasteiger partial charge in [-0.25, -0.2) is 0 Å². The molecule has 1 aliphatic heterocycles. The molecule has 1 aromatic heterocycles. The number of aromatic nitrogens is 1. The molecular formula is C25H30N2O5. The van der Waals surface area contributed by atoms with E-state index in [1.807, 2.05) is 6.07 Å². The van der Waals surface area contributed by atoms with E-state index in [0.717, 1.165) is 36.7 Å². The summed E-state index contributed by atoms with van der Waals surface area (Å²) >= 11 is 0. The fraction of sp³-hybridized carbons (Fsp3) is 0.480. The van der Waals surface area contributed by atoms with Crippen LogP contribution in [0.3, 0.4) is 0 Å². The SMILES string of the molecule is CCCCCCOc1ccc(C(=O)c2c(C)c(C#N)c(=O)n(CC3CCCO3)c2O)cc1. The van der Waals surface area contributed by atoms with Gasteiger partial charge in [0.15, 0.2) is 5.78 Å². The minimum Gasteiger partial charge on any atom is -0.494 e. The molecular weight excluding hydrogens is 408 g/mol. The maximum Gasteiger partial charge on any atom is 0.271 e. The summed E-state index contributed by atoms with van der Waals surface area (Å²) in [5, 5.41) is 20.4. The summed E-state index contributed by atoms with van der Waals surface area (Å²) in [5.74, 6) is -0.213. The van der Waals surface area contributed by atoms with E-state index >= 15 is 0 Å². The van der Waals surface area contributed by atoms with Gasteiger partial charge in [0.25, 0.3) is 5.56 Å². The Kier molecular flexibility index (Phi) is 8.07. The van der Waals surface area contributed by atoms with Crippen molar-refractivity contribution in [3.63, 3.8) is 0 Å². The van der Waals surface area contributed by atoms with Crippen LogP contribution in [0.4, 0.5) is 0 Å². The Bertz CT molecular complexity index is 1040. The van der Waals surface area contributed by atoms with Gasteiger partial charge in [-0.1, -0.05) is 26.2 Å². The van der Waals surface area contributed by atoms with Gasteiger partial charge >= 0.3 is 0 Å². The second kappa shape index (κ2) is 11.0. The third-order valence-electron chi connectivity index (χ3n) is 5.82. The van der Waals surface area contributed by atoms with Crippen LogP contribution in [0.5, 0.6) is 11.6 Å². The van der Waals surface area contributed by atoms with Gasteiger partial charge in [0.1, 0.15) is 17.4 Å². The molecule has 1 fully saturated rings. The van der Waals surface area contributed by atoms with Gasteiger partial charge in [-0.2, -0.15) is 5.26 Å². The molecule has 1 atom stereocenters. The Morgan fingerprint density at radius 1 is 1.28 bits per heavy atom. The number of aromatic hydroxyl groups is 1. The highest BCUT2D eigenvalue weighted by Crippen LogP contribution is 2.27. The maximum absolute atomic E-state index is 13.2. The predicted molar refractivity (Wildman–Crippen MR) is 120 cm³/mol. The average molecular weight is 439 g/mol. The Balaban J connectivity index is 1.85. The fourth-order valence-corrected chi connectivity index (χ4v) is 3.95. The van der Waals surface area contributed by atoms with Crippen molar-refractivity contribution < 1.29 is 19.4 Å². The second-order valence-electron chi connectivity index (χ2n) is 8.12. The molecule has 0 bridgehead atoms. The number of nitriles is 1. The van der Waals surface area contributed by atoms with Crippen LogP contribution in [0.15, 0.2) is 29.1 Å². The zero-order chi connectivity index (χ0) is 23.1. The molecule has 1 saturated heterocycles. The summed E-state index contributed by atoms with van der Waals surface area (Å²) < 4.78 is 12.4. The molecule has 1 aromatic carbocycles. The van der Waals surface area contributed by atoms with E-state index in [9.17, 15) is 20.0 Å². The molecule has 0 amide bonds. The summed E-state index contributed by atoms with van der Waals surface area (Å²) in [6, 6.07) is 8.58. The fourth-order valence-electron chi connectivity index (χ4n) is 3.95. The van der Waals surface area contributed by atoms with Crippen LogP contribution in [0.1, 0.15) is 72.5 Å². The lowest BCUT2D eigenvalue weighted by atomic mass is 9.97. The molecule has 7 heteroatoms. The number of benzene rings is 1. The van der Waals surface area contributed by atoms with E-state index in [4.69, 9.17) is 9.47 Å². The zero-order valence-electron chi connectivity index (χ0n) is 18.7. The Hall–Kier alpha value is -3.11. The topological polar surface area (TPSA) is 102 Å². The van der Waals surface area contributed by atoms with Crippen LogP contribution < -0.4 is 10.3 Å². The van der Waals surface area contributed by atoms with Crippen molar-refractivity contribution in [2.75, 3.05) is 13.2 Å². The lowest BCUT2D eigenvalue weighted by molar-refractivity contribution is 0.0929. The molecule has 0 spiro atoms. The summed E-state index contributed by atoms with van der Waals surface area (Å²) in [6.45, 7) is 4.98. The first kappa shape index (κ1) is 23.6. The monoisotopic (exact) mass is 438 g/mol. The third-order valence-corrected chi connectivity index (χ3v) is 5.82. The van der Waals surface area contributed by atoms with Gasteiger partial charge < -0.3 is 14.6 Å². The minimum absolute atomic E-state index is 0.0348. The number of unbranched alkanes of at least 4 members (excludes halogenated alkanes) is 3. The number of ether oxygens (including phenoxy) is 2. The first-order valence-electron chi connectivity index (χ1n) is 11.2. The molecule has 2 heterocycles. The van der Waals surface area contributed by atoms with Crippen LogP contribution in [0, 0.1) is 18.3 Å². The van der Waals surface area contributed by atoms with Crippen molar-refractivity contribution in [3.05, 3.63) is 56.9 Å². The highest BCUT2D eigenvalue weighted by Gasteiger charge is 2.27. The highest BCUT2D eigenvalue weighted by molar-refractivity contribution is 6.11. The Labute approximate surface area is 188 Å². The van der Waals surface area contributed by atoms with E-state index in [1.165, 1.54) is 13.3 Å². The van der Waals surface area contributed by atoms with E-state index in [2.05, 4.69) is 6.92 Å². The number of carbonyl (C=O) groups is 1. The van der Waals surface area contributed by atoms with E-state index in [-0.39, 0.29) is 29.3 Å². The van der Waals surface area contributed by atoms with Crippen LogP contribution >= 0.6 is 0 Å². The van der Waals surface area contributed by atoms with Gasteiger partial charge in [0, 0.05) is 12.2 Å². The highest BCUT2D eigenvalue weighted by atomic mass is 16.5. The zero-order valence-corrected chi connectivity index (χ0v) is 18.7. The van der Waals surface area contributed by atoms with Gasteiger partial charge in [0.05, 0.1) is 24.8 Å². The smallest absolute Gasteiger partial charge is 0.271 e. The quantitative estimate of drug-likeness (QED) is 0.443. The standard InChI is InChI=1S/C25H30N2O5/c1-3-4-5-6-13-31-19-11-9-18(10-12-19)23(28)22-17(2)21(15-26)24(29)27(25(22)30)16-20-8-7-14-32-20/h9-12,20,30H,3-8,13-14,16H2,1-2H3. The van der Waals surface area contributed by atoms with Gasteiger partial charge in [0.2, 0.25) is 5.88 Å².